The second-order valence-electron chi connectivity index (χ2n) is 7.40. The number of methoxy groups -OCH3 is 1. The van der Waals surface area contributed by atoms with Gasteiger partial charge in [-0.15, -0.1) is 0 Å². The van der Waals surface area contributed by atoms with Crippen LogP contribution in [0.15, 0.2) is 88.1 Å². The number of hydrogen-bond acceptors (Lipinski definition) is 6. The van der Waals surface area contributed by atoms with E-state index in [1.807, 2.05) is 12.1 Å². The van der Waals surface area contributed by atoms with Crippen molar-refractivity contribution in [2.75, 3.05) is 13.7 Å². The standard InChI is InChI=1S/C26H21NO7/c1-32-18-9-7-16(8-10-18)21-14-24(29)34-22-13-19(11-12-20(21)22)33-15-23(28)27-25(26(30)31)17-5-3-2-4-6-17/h2-14,25H,15H2,1H3,(H,27,28)(H,30,31)/t25-/m1/s1. The van der Waals surface area contributed by atoms with E-state index in [2.05, 4.69) is 5.32 Å². The minimum absolute atomic E-state index is 0.295. The Kier molecular flexibility index (Phi) is 6.59. The van der Waals surface area contributed by atoms with Crippen LogP contribution >= 0.6 is 0 Å². The second-order valence-corrected chi connectivity index (χ2v) is 7.40. The molecule has 0 unspecified atom stereocenters. The molecule has 2 N–H and O–H groups in total. The van der Waals surface area contributed by atoms with Crippen molar-refractivity contribution in [2.45, 2.75) is 6.04 Å². The molecule has 172 valence electrons. The van der Waals surface area contributed by atoms with Crippen molar-refractivity contribution in [1.82, 2.24) is 5.32 Å². The summed E-state index contributed by atoms with van der Waals surface area (Å²) in [6, 6.07) is 20.8. The number of carbonyl (C=O) groups excluding carboxylic acids is 1. The second kappa shape index (κ2) is 9.91. The maximum Gasteiger partial charge on any atom is 0.336 e. The average molecular weight is 459 g/mol. The zero-order valence-corrected chi connectivity index (χ0v) is 18.2. The van der Waals surface area contributed by atoms with Crippen LogP contribution in [0.5, 0.6) is 11.5 Å². The average Bonchev–Trinajstić information content (AvgIpc) is 2.85. The molecule has 0 saturated heterocycles. The molecule has 0 saturated carbocycles. The largest absolute Gasteiger partial charge is 0.497 e. The number of aliphatic carboxylic acids is 1. The van der Waals surface area contributed by atoms with Gasteiger partial charge in [-0.05, 0) is 41.0 Å². The Balaban J connectivity index is 1.51. The van der Waals surface area contributed by atoms with Crippen molar-refractivity contribution in [2.24, 2.45) is 0 Å². The summed E-state index contributed by atoms with van der Waals surface area (Å²) >= 11 is 0. The number of hydrogen-bond donors (Lipinski definition) is 2. The molecule has 4 aromatic rings. The Morgan fingerprint density at radius 1 is 0.971 bits per heavy atom. The number of ether oxygens (including phenoxy) is 2. The monoisotopic (exact) mass is 459 g/mol. The molecule has 0 bridgehead atoms. The number of carboxylic acid groups (broad SMARTS) is 1. The van der Waals surface area contributed by atoms with E-state index in [-0.39, 0.29) is 0 Å². The minimum Gasteiger partial charge on any atom is -0.497 e. The third-order valence-electron chi connectivity index (χ3n) is 5.17. The lowest BCUT2D eigenvalue weighted by molar-refractivity contribution is -0.142. The van der Waals surface area contributed by atoms with Gasteiger partial charge in [-0.1, -0.05) is 42.5 Å². The first-order valence-corrected chi connectivity index (χ1v) is 10.4. The van der Waals surface area contributed by atoms with Crippen molar-refractivity contribution in [3.8, 4) is 22.6 Å². The smallest absolute Gasteiger partial charge is 0.336 e. The number of amides is 1. The number of carbonyl (C=O) groups is 2. The fraction of sp³-hybridized carbons (Fsp3) is 0.115. The lowest BCUT2D eigenvalue weighted by Gasteiger charge is -2.15. The molecule has 8 heteroatoms. The van der Waals surface area contributed by atoms with Gasteiger partial charge in [-0.25, -0.2) is 9.59 Å². The Morgan fingerprint density at radius 3 is 2.35 bits per heavy atom. The van der Waals surface area contributed by atoms with Crippen LogP contribution in [-0.2, 0) is 9.59 Å². The maximum absolute atomic E-state index is 12.3. The highest BCUT2D eigenvalue weighted by molar-refractivity contribution is 5.94. The molecule has 34 heavy (non-hydrogen) atoms. The van der Waals surface area contributed by atoms with Gasteiger partial charge < -0.3 is 24.3 Å². The van der Waals surface area contributed by atoms with Crippen molar-refractivity contribution in [3.05, 3.63) is 94.8 Å². The first kappa shape index (κ1) is 22.6. The third-order valence-corrected chi connectivity index (χ3v) is 5.17. The molecule has 3 aromatic carbocycles. The summed E-state index contributed by atoms with van der Waals surface area (Å²) in [5.74, 6) is -0.797. The predicted octanol–water partition coefficient (Wildman–Crippen LogP) is 3.79. The Hall–Kier alpha value is -4.59. The Labute approximate surface area is 194 Å². The lowest BCUT2D eigenvalue weighted by atomic mass is 10.0. The minimum atomic E-state index is -1.20. The van der Waals surface area contributed by atoms with Gasteiger partial charge in [0.2, 0.25) is 0 Å². The number of fused-ring (bicyclic) bond motifs is 1. The Morgan fingerprint density at radius 2 is 1.68 bits per heavy atom. The quantitative estimate of drug-likeness (QED) is 0.385. The van der Waals surface area contributed by atoms with Gasteiger partial charge in [0, 0.05) is 17.5 Å². The molecule has 1 aromatic heterocycles. The molecule has 0 spiro atoms. The summed E-state index contributed by atoms with van der Waals surface area (Å²) in [6.07, 6.45) is 0. The van der Waals surface area contributed by atoms with Crippen molar-refractivity contribution in [3.63, 3.8) is 0 Å². The predicted molar refractivity (Wildman–Crippen MR) is 125 cm³/mol. The molecule has 0 aliphatic carbocycles. The number of nitrogens with one attached hydrogen (secondary N) is 1. The third kappa shape index (κ3) is 5.07. The number of rotatable bonds is 8. The maximum atomic E-state index is 12.3. The van der Waals surface area contributed by atoms with E-state index in [0.717, 1.165) is 5.56 Å². The summed E-state index contributed by atoms with van der Waals surface area (Å²) in [5.41, 5.74) is 1.71. The van der Waals surface area contributed by atoms with Crippen molar-refractivity contribution in [1.29, 1.82) is 0 Å². The van der Waals surface area contributed by atoms with Gasteiger partial charge in [0.15, 0.2) is 12.6 Å². The fourth-order valence-electron chi connectivity index (χ4n) is 3.53. The van der Waals surface area contributed by atoms with Crippen molar-refractivity contribution >= 4 is 22.8 Å². The van der Waals surface area contributed by atoms with Gasteiger partial charge in [0.25, 0.3) is 5.91 Å². The number of carboxylic acids is 1. The van der Waals surface area contributed by atoms with Gasteiger partial charge in [-0.3, -0.25) is 4.79 Å². The van der Waals surface area contributed by atoms with E-state index >= 15 is 0 Å². The van der Waals surface area contributed by atoms with Crippen molar-refractivity contribution < 1.29 is 28.6 Å². The summed E-state index contributed by atoms with van der Waals surface area (Å²) in [5, 5.41) is 12.6. The van der Waals surface area contributed by atoms with Crippen LogP contribution in [0.2, 0.25) is 0 Å². The van der Waals surface area contributed by atoms with Gasteiger partial charge in [0.1, 0.15) is 17.1 Å². The lowest BCUT2D eigenvalue weighted by Crippen LogP contribution is -2.36. The molecule has 1 heterocycles. The van der Waals surface area contributed by atoms with Gasteiger partial charge >= 0.3 is 11.6 Å². The molecule has 0 aliphatic heterocycles. The SMILES string of the molecule is COc1ccc(-c2cc(=O)oc3cc(OCC(=O)N[C@@H](C(=O)O)c4ccccc4)ccc23)cc1. The highest BCUT2D eigenvalue weighted by Crippen LogP contribution is 2.30. The van der Waals surface area contributed by atoms with Crippen LogP contribution in [0.4, 0.5) is 0 Å². The van der Waals surface area contributed by atoms with E-state index < -0.39 is 30.2 Å². The molecular weight excluding hydrogens is 438 g/mol. The van der Waals surface area contributed by atoms with Gasteiger partial charge in [0.05, 0.1) is 7.11 Å². The molecule has 0 fully saturated rings. The van der Waals surface area contributed by atoms with Crippen LogP contribution in [-0.4, -0.2) is 30.7 Å². The molecule has 8 nitrogen and oxygen atoms in total. The van der Waals surface area contributed by atoms with Crippen LogP contribution in [0.3, 0.4) is 0 Å². The van der Waals surface area contributed by atoms with E-state index in [1.54, 1.807) is 61.7 Å². The normalized spacial score (nSPS) is 11.6. The zero-order valence-electron chi connectivity index (χ0n) is 18.2. The van der Waals surface area contributed by atoms with Crippen LogP contribution in [0.25, 0.3) is 22.1 Å². The summed E-state index contributed by atoms with van der Waals surface area (Å²) in [6.45, 7) is -0.412. The Bertz CT molecular complexity index is 1380. The molecule has 0 aliphatic rings. The summed E-state index contributed by atoms with van der Waals surface area (Å²) in [7, 11) is 1.58. The van der Waals surface area contributed by atoms with Gasteiger partial charge in [-0.2, -0.15) is 0 Å². The molecule has 1 amide bonds. The van der Waals surface area contributed by atoms with E-state index in [9.17, 15) is 19.5 Å². The van der Waals surface area contributed by atoms with E-state index in [0.29, 0.717) is 33.6 Å². The summed E-state index contributed by atoms with van der Waals surface area (Å²) < 4.78 is 16.0. The van der Waals surface area contributed by atoms with Crippen LogP contribution in [0, 0.1) is 0 Å². The first-order chi connectivity index (χ1) is 16.4. The zero-order chi connectivity index (χ0) is 24.1. The molecule has 4 rings (SSSR count). The highest BCUT2D eigenvalue weighted by Gasteiger charge is 2.22. The topological polar surface area (TPSA) is 115 Å². The first-order valence-electron chi connectivity index (χ1n) is 10.4. The summed E-state index contributed by atoms with van der Waals surface area (Å²) in [4.78, 5) is 36.0. The fourth-order valence-corrected chi connectivity index (χ4v) is 3.53. The van der Waals surface area contributed by atoms with Crippen LogP contribution in [0.1, 0.15) is 11.6 Å². The number of benzene rings is 3. The molecular formula is C26H21NO7. The molecule has 0 radical (unpaired) electrons. The van der Waals surface area contributed by atoms with E-state index in [4.69, 9.17) is 13.9 Å². The highest BCUT2D eigenvalue weighted by atomic mass is 16.5. The van der Waals surface area contributed by atoms with Crippen LogP contribution < -0.4 is 20.4 Å². The molecule has 1 atom stereocenters. The van der Waals surface area contributed by atoms with E-state index in [1.165, 1.54) is 12.1 Å².